The fourth-order valence-electron chi connectivity index (χ4n) is 4.21. The molecule has 0 radical (unpaired) electrons. The highest BCUT2D eigenvalue weighted by atomic mass is 15.2. The van der Waals surface area contributed by atoms with Gasteiger partial charge < -0.3 is 5.32 Å². The molecule has 0 spiro atoms. The van der Waals surface area contributed by atoms with Crippen molar-refractivity contribution in [3.8, 4) is 0 Å². The minimum absolute atomic E-state index is 0.570. The van der Waals surface area contributed by atoms with E-state index in [1.165, 1.54) is 71.0 Å². The molecule has 2 rings (SSSR count). The van der Waals surface area contributed by atoms with Gasteiger partial charge in [0.15, 0.2) is 0 Å². The van der Waals surface area contributed by atoms with Crippen LogP contribution in [0.3, 0.4) is 0 Å². The number of hydrogen-bond donors (Lipinski definition) is 1. The summed E-state index contributed by atoms with van der Waals surface area (Å²) in [6.07, 6.45) is 11.2. The molecule has 2 heteroatoms. The maximum atomic E-state index is 3.85. The van der Waals surface area contributed by atoms with Crippen molar-refractivity contribution >= 4 is 0 Å². The van der Waals surface area contributed by atoms with Crippen LogP contribution in [-0.4, -0.2) is 36.6 Å². The molecule has 2 saturated carbocycles. The first kappa shape index (κ1) is 17.3. The van der Waals surface area contributed by atoms with Crippen LogP contribution < -0.4 is 5.32 Å². The van der Waals surface area contributed by atoms with Crippen LogP contribution in [0.1, 0.15) is 79.1 Å². The second-order valence-electron chi connectivity index (χ2n) is 8.16. The molecule has 1 N–H and O–H groups in total. The molecule has 124 valence electrons. The fourth-order valence-corrected chi connectivity index (χ4v) is 4.21. The summed E-state index contributed by atoms with van der Waals surface area (Å²) in [4.78, 5) is 2.84. The van der Waals surface area contributed by atoms with Crippen LogP contribution in [-0.2, 0) is 0 Å². The third-order valence-corrected chi connectivity index (χ3v) is 5.60. The quantitative estimate of drug-likeness (QED) is 0.640. The van der Waals surface area contributed by atoms with E-state index in [9.17, 15) is 0 Å². The van der Waals surface area contributed by atoms with Crippen LogP contribution >= 0.6 is 0 Å². The number of rotatable bonds is 10. The fraction of sp³-hybridized carbons (Fsp3) is 1.00. The normalized spacial score (nSPS) is 21.9. The van der Waals surface area contributed by atoms with E-state index in [0.29, 0.717) is 5.41 Å². The van der Waals surface area contributed by atoms with Gasteiger partial charge in [-0.15, -0.1) is 0 Å². The molecule has 2 aliphatic carbocycles. The minimum Gasteiger partial charge on any atom is -0.313 e. The Balaban J connectivity index is 1.98. The van der Waals surface area contributed by atoms with Crippen LogP contribution in [0.5, 0.6) is 0 Å². The minimum atomic E-state index is 0.570. The molecule has 2 aliphatic rings. The topological polar surface area (TPSA) is 15.3 Å². The van der Waals surface area contributed by atoms with E-state index in [4.69, 9.17) is 0 Å². The average Bonchev–Trinajstić information content (AvgIpc) is 3.17. The largest absolute Gasteiger partial charge is 0.313 e. The Morgan fingerprint density at radius 3 is 2.19 bits per heavy atom. The van der Waals surface area contributed by atoms with Crippen molar-refractivity contribution in [2.45, 2.75) is 91.1 Å². The second kappa shape index (κ2) is 7.97. The molecule has 0 aliphatic heterocycles. The molecule has 0 heterocycles. The third-order valence-electron chi connectivity index (χ3n) is 5.60. The molecule has 0 unspecified atom stereocenters. The van der Waals surface area contributed by atoms with E-state index in [1.807, 2.05) is 0 Å². The zero-order valence-corrected chi connectivity index (χ0v) is 15.0. The van der Waals surface area contributed by atoms with Gasteiger partial charge in [0.25, 0.3) is 0 Å². The zero-order valence-electron chi connectivity index (χ0n) is 15.0. The number of hydrogen-bond acceptors (Lipinski definition) is 2. The first-order valence-corrected chi connectivity index (χ1v) is 9.56. The highest BCUT2D eigenvalue weighted by Gasteiger charge is 2.38. The molecule has 0 bridgehead atoms. The molecule has 0 aromatic carbocycles. The standard InChI is InChI=1S/C19H38N2/c1-5-18(6-2)21(13-16(3)4)15-19(11-7-8-12-19)14-20-17-9-10-17/h16-18,20H,5-15H2,1-4H3. The van der Waals surface area contributed by atoms with Crippen molar-refractivity contribution in [2.24, 2.45) is 11.3 Å². The van der Waals surface area contributed by atoms with E-state index in [1.54, 1.807) is 0 Å². The second-order valence-corrected chi connectivity index (χ2v) is 8.16. The van der Waals surface area contributed by atoms with E-state index in [-0.39, 0.29) is 0 Å². The van der Waals surface area contributed by atoms with Gasteiger partial charge in [0.05, 0.1) is 0 Å². The zero-order chi connectivity index (χ0) is 15.3. The smallest absolute Gasteiger partial charge is 0.00903 e. The Morgan fingerprint density at radius 2 is 1.71 bits per heavy atom. The summed E-state index contributed by atoms with van der Waals surface area (Å²) in [7, 11) is 0. The van der Waals surface area contributed by atoms with Gasteiger partial charge in [0, 0.05) is 31.7 Å². The van der Waals surface area contributed by atoms with Crippen molar-refractivity contribution in [1.29, 1.82) is 0 Å². The predicted molar refractivity (Wildman–Crippen MR) is 92.7 cm³/mol. The number of nitrogens with one attached hydrogen (secondary N) is 1. The molecule has 0 aromatic rings. The Morgan fingerprint density at radius 1 is 1.10 bits per heavy atom. The summed E-state index contributed by atoms with van der Waals surface area (Å²) < 4.78 is 0. The maximum Gasteiger partial charge on any atom is 0.00903 e. The molecule has 21 heavy (non-hydrogen) atoms. The molecule has 0 atom stereocenters. The molecule has 0 amide bonds. The van der Waals surface area contributed by atoms with E-state index in [0.717, 1.165) is 18.0 Å². The van der Waals surface area contributed by atoms with Crippen LogP contribution in [0.25, 0.3) is 0 Å². The predicted octanol–water partition coefficient (Wildman–Crippen LogP) is 4.45. The summed E-state index contributed by atoms with van der Waals surface area (Å²) in [5, 5.41) is 3.85. The van der Waals surface area contributed by atoms with Crippen molar-refractivity contribution < 1.29 is 0 Å². The summed E-state index contributed by atoms with van der Waals surface area (Å²) in [5.41, 5.74) is 0.570. The van der Waals surface area contributed by atoms with E-state index in [2.05, 4.69) is 37.9 Å². The van der Waals surface area contributed by atoms with Crippen molar-refractivity contribution in [3.63, 3.8) is 0 Å². The Kier molecular flexibility index (Phi) is 6.55. The lowest BCUT2D eigenvalue weighted by Crippen LogP contribution is -2.48. The number of nitrogens with zero attached hydrogens (tertiary/aromatic N) is 1. The van der Waals surface area contributed by atoms with Crippen molar-refractivity contribution in [1.82, 2.24) is 10.2 Å². The first-order chi connectivity index (χ1) is 10.1. The van der Waals surface area contributed by atoms with Gasteiger partial charge in [-0.1, -0.05) is 40.5 Å². The van der Waals surface area contributed by atoms with Crippen LogP contribution in [0.2, 0.25) is 0 Å². The highest BCUT2D eigenvalue weighted by molar-refractivity contribution is 4.93. The summed E-state index contributed by atoms with van der Waals surface area (Å²) in [6, 6.07) is 1.64. The van der Waals surface area contributed by atoms with Gasteiger partial charge in [0.1, 0.15) is 0 Å². The first-order valence-electron chi connectivity index (χ1n) is 9.56. The molecule has 0 aromatic heterocycles. The third kappa shape index (κ3) is 5.25. The van der Waals surface area contributed by atoms with Crippen LogP contribution in [0.4, 0.5) is 0 Å². The molecular formula is C19H38N2. The van der Waals surface area contributed by atoms with Crippen LogP contribution in [0, 0.1) is 11.3 Å². The molecule has 2 nitrogen and oxygen atoms in total. The lowest BCUT2D eigenvalue weighted by atomic mass is 9.84. The lowest BCUT2D eigenvalue weighted by Gasteiger charge is -2.40. The highest BCUT2D eigenvalue weighted by Crippen LogP contribution is 2.40. The van der Waals surface area contributed by atoms with Crippen molar-refractivity contribution in [2.75, 3.05) is 19.6 Å². The molecular weight excluding hydrogens is 256 g/mol. The SMILES string of the molecule is CCC(CC)N(CC(C)C)CC1(CNC2CC2)CCCC1. The van der Waals surface area contributed by atoms with Crippen LogP contribution in [0.15, 0.2) is 0 Å². The lowest BCUT2D eigenvalue weighted by molar-refractivity contribution is 0.0913. The summed E-state index contributed by atoms with van der Waals surface area (Å²) in [6.45, 7) is 13.4. The molecule has 0 saturated heterocycles. The Hall–Kier alpha value is -0.0800. The van der Waals surface area contributed by atoms with Gasteiger partial charge in [-0.3, -0.25) is 4.90 Å². The monoisotopic (exact) mass is 294 g/mol. The van der Waals surface area contributed by atoms with Gasteiger partial charge in [0.2, 0.25) is 0 Å². The Labute approximate surface area is 133 Å². The van der Waals surface area contributed by atoms with Gasteiger partial charge in [-0.2, -0.15) is 0 Å². The summed E-state index contributed by atoms with van der Waals surface area (Å²) in [5.74, 6) is 0.778. The van der Waals surface area contributed by atoms with Gasteiger partial charge in [-0.05, 0) is 49.9 Å². The van der Waals surface area contributed by atoms with Crippen molar-refractivity contribution in [3.05, 3.63) is 0 Å². The van der Waals surface area contributed by atoms with Gasteiger partial charge >= 0.3 is 0 Å². The summed E-state index contributed by atoms with van der Waals surface area (Å²) >= 11 is 0. The Bertz CT molecular complexity index is 286. The van der Waals surface area contributed by atoms with E-state index < -0.39 is 0 Å². The van der Waals surface area contributed by atoms with Gasteiger partial charge in [-0.25, -0.2) is 0 Å². The average molecular weight is 295 g/mol. The maximum absolute atomic E-state index is 3.85. The molecule has 2 fully saturated rings. The van der Waals surface area contributed by atoms with E-state index >= 15 is 0 Å².